The average molecular weight is 213 g/mol. The number of likely N-dealkylation sites (N-methyl/N-ethyl adjacent to an activating group) is 1. The minimum atomic E-state index is -0.0947. The van der Waals surface area contributed by atoms with Crippen LogP contribution in [0.25, 0.3) is 0 Å². The summed E-state index contributed by atoms with van der Waals surface area (Å²) in [4.78, 5) is 11.5. The number of benzene rings is 1. The predicted octanol–water partition coefficient (Wildman–Crippen LogP) is 1.29. The molecule has 0 fully saturated rings. The standard InChI is InChI=1S/C10H13ClN2O/c1-12-5-6-13-10(14)8-3-2-4-9(11)7-8/h2-4,7,12H,5-6H2,1H3,(H,13,14). The Kier molecular flexibility index (Phi) is 4.43. The maximum Gasteiger partial charge on any atom is 0.251 e. The zero-order valence-electron chi connectivity index (χ0n) is 8.01. The maximum absolute atomic E-state index is 11.5. The molecule has 4 heteroatoms. The maximum atomic E-state index is 11.5. The van der Waals surface area contributed by atoms with Gasteiger partial charge in [0.25, 0.3) is 5.91 Å². The van der Waals surface area contributed by atoms with Crippen LogP contribution in [-0.2, 0) is 0 Å². The highest BCUT2D eigenvalue weighted by Crippen LogP contribution is 2.10. The number of amides is 1. The van der Waals surface area contributed by atoms with Gasteiger partial charge in [-0.2, -0.15) is 0 Å². The average Bonchev–Trinajstić information content (AvgIpc) is 2.18. The van der Waals surface area contributed by atoms with Crippen LogP contribution in [0.15, 0.2) is 24.3 Å². The van der Waals surface area contributed by atoms with E-state index < -0.39 is 0 Å². The van der Waals surface area contributed by atoms with Crippen LogP contribution in [0.5, 0.6) is 0 Å². The zero-order valence-corrected chi connectivity index (χ0v) is 8.77. The number of rotatable bonds is 4. The van der Waals surface area contributed by atoms with Crippen LogP contribution >= 0.6 is 11.6 Å². The summed E-state index contributed by atoms with van der Waals surface area (Å²) in [7, 11) is 1.84. The largest absolute Gasteiger partial charge is 0.351 e. The Bertz CT molecular complexity index is 315. The minimum Gasteiger partial charge on any atom is -0.351 e. The molecule has 0 spiro atoms. The molecular weight excluding hydrogens is 200 g/mol. The lowest BCUT2D eigenvalue weighted by Gasteiger charge is -2.04. The molecule has 1 aromatic rings. The van der Waals surface area contributed by atoms with Crippen molar-refractivity contribution in [1.82, 2.24) is 10.6 Å². The molecule has 1 rings (SSSR count). The zero-order chi connectivity index (χ0) is 10.4. The predicted molar refractivity (Wildman–Crippen MR) is 57.7 cm³/mol. The summed E-state index contributed by atoms with van der Waals surface area (Å²) >= 11 is 5.76. The van der Waals surface area contributed by atoms with Crippen molar-refractivity contribution in [3.63, 3.8) is 0 Å². The SMILES string of the molecule is CNCCNC(=O)c1cccc(Cl)c1. The number of hydrogen-bond acceptors (Lipinski definition) is 2. The minimum absolute atomic E-state index is 0.0947. The van der Waals surface area contributed by atoms with E-state index in [4.69, 9.17) is 11.6 Å². The first-order chi connectivity index (χ1) is 6.74. The fourth-order valence-electron chi connectivity index (χ4n) is 1.03. The van der Waals surface area contributed by atoms with Gasteiger partial charge in [-0.3, -0.25) is 4.79 Å². The van der Waals surface area contributed by atoms with E-state index in [-0.39, 0.29) is 5.91 Å². The summed E-state index contributed by atoms with van der Waals surface area (Å²) in [5, 5.41) is 6.29. The monoisotopic (exact) mass is 212 g/mol. The molecule has 2 N–H and O–H groups in total. The number of nitrogens with one attached hydrogen (secondary N) is 2. The molecule has 1 amide bonds. The Balaban J connectivity index is 2.52. The summed E-state index contributed by atoms with van der Waals surface area (Å²) in [6.07, 6.45) is 0. The van der Waals surface area contributed by atoms with E-state index in [1.807, 2.05) is 7.05 Å². The molecule has 0 unspecified atom stereocenters. The molecule has 14 heavy (non-hydrogen) atoms. The van der Waals surface area contributed by atoms with E-state index in [1.165, 1.54) is 0 Å². The summed E-state index contributed by atoms with van der Waals surface area (Å²) in [6.45, 7) is 1.37. The molecule has 3 nitrogen and oxygen atoms in total. The fraction of sp³-hybridized carbons (Fsp3) is 0.300. The third-order valence-corrected chi connectivity index (χ3v) is 1.98. The number of hydrogen-bond donors (Lipinski definition) is 2. The molecule has 0 aromatic heterocycles. The van der Waals surface area contributed by atoms with Crippen molar-refractivity contribution < 1.29 is 4.79 Å². The molecule has 0 bridgehead atoms. The van der Waals surface area contributed by atoms with Gasteiger partial charge in [-0.05, 0) is 25.2 Å². The van der Waals surface area contributed by atoms with Crippen molar-refractivity contribution in [2.75, 3.05) is 20.1 Å². The molecule has 0 saturated carbocycles. The molecule has 0 aliphatic carbocycles. The lowest BCUT2D eigenvalue weighted by atomic mass is 10.2. The van der Waals surface area contributed by atoms with Gasteiger partial charge in [-0.25, -0.2) is 0 Å². The molecule has 1 aromatic carbocycles. The van der Waals surface area contributed by atoms with Crippen molar-refractivity contribution in [2.45, 2.75) is 0 Å². The van der Waals surface area contributed by atoms with Gasteiger partial charge in [0.2, 0.25) is 0 Å². The molecule has 0 atom stereocenters. The Hall–Kier alpha value is -1.06. The molecule has 0 aliphatic heterocycles. The van der Waals surface area contributed by atoms with Gasteiger partial charge in [0.1, 0.15) is 0 Å². The smallest absolute Gasteiger partial charge is 0.251 e. The lowest BCUT2D eigenvalue weighted by molar-refractivity contribution is 0.0954. The number of halogens is 1. The third kappa shape index (κ3) is 3.36. The van der Waals surface area contributed by atoms with Crippen LogP contribution < -0.4 is 10.6 Å². The second-order valence-corrected chi connectivity index (χ2v) is 3.31. The van der Waals surface area contributed by atoms with Gasteiger partial charge in [-0.1, -0.05) is 17.7 Å². The van der Waals surface area contributed by atoms with Crippen molar-refractivity contribution in [3.8, 4) is 0 Å². The van der Waals surface area contributed by atoms with E-state index in [0.29, 0.717) is 17.1 Å². The Morgan fingerprint density at radius 2 is 2.21 bits per heavy atom. The van der Waals surface area contributed by atoms with E-state index in [2.05, 4.69) is 10.6 Å². The second kappa shape index (κ2) is 5.62. The van der Waals surface area contributed by atoms with Gasteiger partial charge in [0.15, 0.2) is 0 Å². The van der Waals surface area contributed by atoms with Crippen molar-refractivity contribution in [3.05, 3.63) is 34.9 Å². The van der Waals surface area contributed by atoms with Crippen LogP contribution in [0, 0.1) is 0 Å². The van der Waals surface area contributed by atoms with Crippen molar-refractivity contribution in [2.24, 2.45) is 0 Å². The third-order valence-electron chi connectivity index (χ3n) is 1.75. The molecule has 76 valence electrons. The normalized spacial score (nSPS) is 9.86. The van der Waals surface area contributed by atoms with Crippen LogP contribution in [0.3, 0.4) is 0 Å². The van der Waals surface area contributed by atoms with Crippen LogP contribution in [-0.4, -0.2) is 26.0 Å². The molecule has 0 radical (unpaired) electrons. The van der Waals surface area contributed by atoms with Gasteiger partial charge in [-0.15, -0.1) is 0 Å². The van der Waals surface area contributed by atoms with Crippen LogP contribution in [0.2, 0.25) is 5.02 Å². The summed E-state index contributed by atoms with van der Waals surface area (Å²) in [5.74, 6) is -0.0947. The fourth-order valence-corrected chi connectivity index (χ4v) is 1.22. The first kappa shape index (κ1) is 11.0. The Labute approximate surface area is 88.5 Å². The van der Waals surface area contributed by atoms with E-state index in [9.17, 15) is 4.79 Å². The Morgan fingerprint density at radius 1 is 1.43 bits per heavy atom. The van der Waals surface area contributed by atoms with Gasteiger partial charge in [0.05, 0.1) is 0 Å². The number of carbonyl (C=O) groups excluding carboxylic acids is 1. The quantitative estimate of drug-likeness (QED) is 0.739. The summed E-state index contributed by atoms with van der Waals surface area (Å²) in [5.41, 5.74) is 0.591. The van der Waals surface area contributed by atoms with Gasteiger partial charge >= 0.3 is 0 Å². The highest BCUT2D eigenvalue weighted by atomic mass is 35.5. The Morgan fingerprint density at radius 3 is 2.86 bits per heavy atom. The van der Waals surface area contributed by atoms with Crippen molar-refractivity contribution >= 4 is 17.5 Å². The van der Waals surface area contributed by atoms with Crippen LogP contribution in [0.4, 0.5) is 0 Å². The molecular formula is C10H13ClN2O. The lowest BCUT2D eigenvalue weighted by Crippen LogP contribution is -2.30. The summed E-state index contributed by atoms with van der Waals surface area (Å²) < 4.78 is 0. The van der Waals surface area contributed by atoms with E-state index in [0.717, 1.165) is 6.54 Å². The van der Waals surface area contributed by atoms with Crippen LogP contribution in [0.1, 0.15) is 10.4 Å². The first-order valence-corrected chi connectivity index (χ1v) is 4.80. The van der Waals surface area contributed by atoms with Gasteiger partial charge < -0.3 is 10.6 Å². The number of carbonyl (C=O) groups is 1. The highest BCUT2D eigenvalue weighted by Gasteiger charge is 2.03. The topological polar surface area (TPSA) is 41.1 Å². The molecule has 0 saturated heterocycles. The molecule has 0 aliphatic rings. The van der Waals surface area contributed by atoms with E-state index in [1.54, 1.807) is 24.3 Å². The molecule has 0 heterocycles. The van der Waals surface area contributed by atoms with Gasteiger partial charge in [0, 0.05) is 23.7 Å². The second-order valence-electron chi connectivity index (χ2n) is 2.87. The van der Waals surface area contributed by atoms with E-state index >= 15 is 0 Å². The van der Waals surface area contributed by atoms with Crippen molar-refractivity contribution in [1.29, 1.82) is 0 Å². The first-order valence-electron chi connectivity index (χ1n) is 4.42. The highest BCUT2D eigenvalue weighted by molar-refractivity contribution is 6.30. The summed E-state index contributed by atoms with van der Waals surface area (Å²) in [6, 6.07) is 6.89.